The quantitative estimate of drug-likeness (QED) is 0.731. The van der Waals surface area contributed by atoms with E-state index in [1.54, 1.807) is 7.11 Å². The fourth-order valence-corrected chi connectivity index (χ4v) is 2.08. The Morgan fingerprint density at radius 3 is 2.63 bits per heavy atom. The van der Waals surface area contributed by atoms with Crippen molar-refractivity contribution in [3.05, 3.63) is 35.4 Å². The summed E-state index contributed by atoms with van der Waals surface area (Å²) in [5.74, 6) is 0.938. The van der Waals surface area contributed by atoms with Crippen LogP contribution in [0.1, 0.15) is 37.3 Å². The minimum absolute atomic E-state index is 0.938. The minimum Gasteiger partial charge on any atom is -0.497 e. The molecule has 2 nitrogen and oxygen atoms in total. The van der Waals surface area contributed by atoms with E-state index < -0.39 is 0 Å². The molecular weight excluding hydrogens is 234 g/mol. The van der Waals surface area contributed by atoms with E-state index in [0.717, 1.165) is 25.1 Å². The van der Waals surface area contributed by atoms with Gasteiger partial charge in [-0.15, -0.1) is 0 Å². The number of methoxy groups -OCH3 is 1. The molecule has 0 atom stereocenters. The van der Waals surface area contributed by atoms with Gasteiger partial charge in [-0.3, -0.25) is 0 Å². The molecule has 106 valence electrons. The largest absolute Gasteiger partial charge is 0.497 e. The summed E-state index contributed by atoms with van der Waals surface area (Å²) in [6.07, 6.45) is 5.79. The molecule has 0 bridgehead atoms. The van der Waals surface area contributed by atoms with Gasteiger partial charge < -0.3 is 9.64 Å². The van der Waals surface area contributed by atoms with Crippen molar-refractivity contribution >= 4 is 5.57 Å². The lowest BCUT2D eigenvalue weighted by atomic mass is 9.96. The molecule has 0 fully saturated rings. The van der Waals surface area contributed by atoms with E-state index in [9.17, 15) is 0 Å². The highest BCUT2D eigenvalue weighted by Gasteiger charge is 2.07. The number of unbranched alkanes of at least 4 members (excludes halogenated alkanes) is 1. The van der Waals surface area contributed by atoms with Crippen LogP contribution in [0.5, 0.6) is 5.75 Å². The molecule has 0 radical (unpaired) electrons. The predicted molar refractivity (Wildman–Crippen MR) is 83.8 cm³/mol. The van der Waals surface area contributed by atoms with Crippen LogP contribution in [0.25, 0.3) is 5.57 Å². The average Bonchev–Trinajstić information content (AvgIpc) is 2.40. The lowest BCUT2D eigenvalue weighted by Gasteiger charge is -2.15. The highest BCUT2D eigenvalue weighted by Crippen LogP contribution is 2.27. The topological polar surface area (TPSA) is 12.5 Å². The van der Waals surface area contributed by atoms with Crippen LogP contribution < -0.4 is 4.74 Å². The average molecular weight is 261 g/mol. The fourth-order valence-electron chi connectivity index (χ4n) is 2.08. The molecule has 0 amide bonds. The van der Waals surface area contributed by atoms with Crippen molar-refractivity contribution in [2.75, 3.05) is 27.7 Å². The van der Waals surface area contributed by atoms with Crippen LogP contribution in [-0.2, 0) is 0 Å². The van der Waals surface area contributed by atoms with E-state index in [1.165, 1.54) is 23.1 Å². The van der Waals surface area contributed by atoms with E-state index in [4.69, 9.17) is 4.74 Å². The zero-order chi connectivity index (χ0) is 14.3. The normalized spacial score (nSPS) is 12.0. The Kier molecular flexibility index (Phi) is 6.65. The Morgan fingerprint density at radius 1 is 1.32 bits per heavy atom. The Balaban J connectivity index is 3.02. The molecule has 19 heavy (non-hydrogen) atoms. The molecule has 0 aliphatic carbocycles. The molecule has 0 saturated carbocycles. The molecule has 1 rings (SSSR count). The van der Waals surface area contributed by atoms with Gasteiger partial charge >= 0.3 is 0 Å². The molecular formula is C17H27NO. The molecule has 0 saturated heterocycles. The van der Waals surface area contributed by atoms with Crippen LogP contribution >= 0.6 is 0 Å². The number of benzene rings is 1. The first kappa shape index (κ1) is 15.8. The molecule has 0 heterocycles. The standard InChI is InChI=1S/C17H27NO/c1-6-7-8-15(11-12-18(3)4)17-13-16(19-5)10-9-14(17)2/h8-10,13H,6-7,11-12H2,1-5H3/b15-8-. The van der Waals surface area contributed by atoms with Crippen LogP contribution in [0.2, 0.25) is 0 Å². The van der Waals surface area contributed by atoms with Crippen molar-refractivity contribution in [2.24, 2.45) is 0 Å². The van der Waals surface area contributed by atoms with Crippen LogP contribution in [-0.4, -0.2) is 32.6 Å². The number of allylic oxidation sites excluding steroid dienone is 1. The van der Waals surface area contributed by atoms with Crippen molar-refractivity contribution in [2.45, 2.75) is 33.1 Å². The maximum Gasteiger partial charge on any atom is 0.119 e. The molecule has 1 aromatic rings. The first-order valence-electron chi connectivity index (χ1n) is 7.07. The van der Waals surface area contributed by atoms with Gasteiger partial charge in [-0.1, -0.05) is 25.5 Å². The summed E-state index contributed by atoms with van der Waals surface area (Å²) in [5.41, 5.74) is 4.09. The third-order valence-corrected chi connectivity index (χ3v) is 3.30. The first-order valence-corrected chi connectivity index (χ1v) is 7.07. The number of ether oxygens (including phenoxy) is 1. The third-order valence-electron chi connectivity index (χ3n) is 3.30. The second-order valence-corrected chi connectivity index (χ2v) is 5.25. The van der Waals surface area contributed by atoms with Crippen molar-refractivity contribution in [3.63, 3.8) is 0 Å². The van der Waals surface area contributed by atoms with Crippen LogP contribution in [0.3, 0.4) is 0 Å². The molecule has 0 aromatic heterocycles. The maximum absolute atomic E-state index is 5.35. The monoisotopic (exact) mass is 261 g/mol. The van der Waals surface area contributed by atoms with Crippen molar-refractivity contribution in [1.29, 1.82) is 0 Å². The zero-order valence-corrected chi connectivity index (χ0v) is 13.0. The predicted octanol–water partition coefficient (Wildman–Crippen LogP) is 4.14. The summed E-state index contributed by atoms with van der Waals surface area (Å²) >= 11 is 0. The number of aryl methyl sites for hydroxylation is 1. The van der Waals surface area contributed by atoms with E-state index in [2.05, 4.69) is 51.1 Å². The Labute approximate surface area is 118 Å². The maximum atomic E-state index is 5.35. The highest BCUT2D eigenvalue weighted by atomic mass is 16.5. The first-order chi connectivity index (χ1) is 9.08. The summed E-state index contributed by atoms with van der Waals surface area (Å²) in [6, 6.07) is 6.33. The summed E-state index contributed by atoms with van der Waals surface area (Å²) in [4.78, 5) is 2.23. The summed E-state index contributed by atoms with van der Waals surface area (Å²) < 4.78 is 5.35. The number of hydrogen-bond donors (Lipinski definition) is 0. The van der Waals surface area contributed by atoms with E-state index in [-0.39, 0.29) is 0 Å². The summed E-state index contributed by atoms with van der Waals surface area (Å²) in [6.45, 7) is 5.47. The molecule has 0 unspecified atom stereocenters. The third kappa shape index (κ3) is 5.07. The van der Waals surface area contributed by atoms with Gasteiger partial charge in [0.1, 0.15) is 5.75 Å². The second-order valence-electron chi connectivity index (χ2n) is 5.25. The van der Waals surface area contributed by atoms with Gasteiger partial charge in [0.05, 0.1) is 7.11 Å². The van der Waals surface area contributed by atoms with Crippen molar-refractivity contribution < 1.29 is 4.74 Å². The van der Waals surface area contributed by atoms with Gasteiger partial charge in [-0.05, 0) is 62.7 Å². The highest BCUT2D eigenvalue weighted by molar-refractivity contribution is 5.69. The van der Waals surface area contributed by atoms with Crippen LogP contribution in [0.4, 0.5) is 0 Å². The number of nitrogens with zero attached hydrogens (tertiary/aromatic N) is 1. The fraction of sp³-hybridized carbons (Fsp3) is 0.529. The number of rotatable bonds is 7. The van der Waals surface area contributed by atoms with Gasteiger partial charge in [-0.25, -0.2) is 0 Å². The summed E-state index contributed by atoms with van der Waals surface area (Å²) in [5, 5.41) is 0. The van der Waals surface area contributed by atoms with Gasteiger partial charge in [0, 0.05) is 6.54 Å². The zero-order valence-electron chi connectivity index (χ0n) is 13.0. The minimum atomic E-state index is 0.938. The molecule has 0 N–H and O–H groups in total. The van der Waals surface area contributed by atoms with Crippen LogP contribution in [0.15, 0.2) is 24.3 Å². The van der Waals surface area contributed by atoms with E-state index >= 15 is 0 Å². The number of hydrogen-bond acceptors (Lipinski definition) is 2. The van der Waals surface area contributed by atoms with Crippen molar-refractivity contribution in [3.8, 4) is 5.75 Å². The van der Waals surface area contributed by atoms with E-state index in [1.807, 2.05) is 6.07 Å². The van der Waals surface area contributed by atoms with Gasteiger partial charge in [0.25, 0.3) is 0 Å². The Morgan fingerprint density at radius 2 is 2.05 bits per heavy atom. The molecule has 0 spiro atoms. The lowest BCUT2D eigenvalue weighted by Crippen LogP contribution is -2.13. The van der Waals surface area contributed by atoms with Gasteiger partial charge in [0.2, 0.25) is 0 Å². The Hall–Kier alpha value is -1.28. The molecule has 1 aromatic carbocycles. The molecule has 0 aliphatic heterocycles. The molecule has 2 heteroatoms. The van der Waals surface area contributed by atoms with Gasteiger partial charge in [0.15, 0.2) is 0 Å². The second kappa shape index (κ2) is 8.00. The molecule has 0 aliphatic rings. The SMILES string of the molecule is CCC/C=C(/CCN(C)C)c1cc(OC)ccc1C. The Bertz CT molecular complexity index is 421. The van der Waals surface area contributed by atoms with Crippen LogP contribution in [0, 0.1) is 6.92 Å². The smallest absolute Gasteiger partial charge is 0.119 e. The van der Waals surface area contributed by atoms with E-state index in [0.29, 0.717) is 0 Å². The van der Waals surface area contributed by atoms with Gasteiger partial charge in [-0.2, -0.15) is 0 Å². The lowest BCUT2D eigenvalue weighted by molar-refractivity contribution is 0.414. The van der Waals surface area contributed by atoms with Crippen molar-refractivity contribution in [1.82, 2.24) is 4.90 Å². The summed E-state index contributed by atoms with van der Waals surface area (Å²) in [7, 11) is 5.97.